The molecule has 4 rings (SSSR count). The molecule has 2 heterocycles. The van der Waals surface area contributed by atoms with Crippen LogP contribution in [0, 0.1) is 6.92 Å². The smallest absolute Gasteiger partial charge is 0.278 e. The molecule has 5 nitrogen and oxygen atoms in total. The molecule has 0 unspecified atom stereocenters. The number of rotatable bonds is 4. The minimum absolute atomic E-state index is 0.226. The first kappa shape index (κ1) is 20.9. The van der Waals surface area contributed by atoms with Crippen molar-refractivity contribution in [2.45, 2.75) is 13.5 Å². The predicted octanol–water partition coefficient (Wildman–Crippen LogP) is 3.83. The maximum Gasteiger partial charge on any atom is 0.278 e. The van der Waals surface area contributed by atoms with Gasteiger partial charge in [0, 0.05) is 36.8 Å². The Hall–Kier alpha value is -2.34. The van der Waals surface area contributed by atoms with Crippen LogP contribution in [0.15, 0.2) is 48.2 Å². The molecule has 2 amide bonds. The molecule has 1 fully saturated rings. The standard InChI is InChI=1S/C23H23Cl2N3O2/c1-15-3-5-16(6-4-15)14-28-22(29)20(18-8-7-17(24)13-19(18)25)21(23(28)30)27-11-9-26(2)10-12-27/h3-8,13H,9-12,14H2,1-2H3. The van der Waals surface area contributed by atoms with Gasteiger partial charge < -0.3 is 9.80 Å². The molecule has 0 saturated carbocycles. The average Bonchev–Trinajstić information content (AvgIpc) is 2.95. The van der Waals surface area contributed by atoms with Gasteiger partial charge in [-0.1, -0.05) is 59.1 Å². The number of carbonyl (C=O) groups excluding carboxylic acids is 2. The van der Waals surface area contributed by atoms with E-state index >= 15 is 0 Å². The van der Waals surface area contributed by atoms with Crippen LogP contribution in [0.1, 0.15) is 16.7 Å². The normalized spacial score (nSPS) is 18.0. The summed E-state index contributed by atoms with van der Waals surface area (Å²) in [5.41, 5.74) is 3.37. The summed E-state index contributed by atoms with van der Waals surface area (Å²) >= 11 is 12.5. The zero-order chi connectivity index (χ0) is 21.4. The van der Waals surface area contributed by atoms with Crippen molar-refractivity contribution in [3.63, 3.8) is 0 Å². The number of likely N-dealkylation sites (N-methyl/N-ethyl adjacent to an activating group) is 1. The number of imide groups is 1. The van der Waals surface area contributed by atoms with E-state index in [0.29, 0.717) is 40.0 Å². The summed E-state index contributed by atoms with van der Waals surface area (Å²) in [6.45, 7) is 5.23. The van der Waals surface area contributed by atoms with Gasteiger partial charge in [0.15, 0.2) is 0 Å². The second kappa shape index (κ2) is 8.42. The van der Waals surface area contributed by atoms with Crippen LogP contribution in [-0.2, 0) is 16.1 Å². The monoisotopic (exact) mass is 443 g/mol. The summed E-state index contributed by atoms with van der Waals surface area (Å²) < 4.78 is 0. The molecule has 2 aliphatic heterocycles. The lowest BCUT2D eigenvalue weighted by Gasteiger charge is -2.34. The van der Waals surface area contributed by atoms with Crippen LogP contribution >= 0.6 is 23.2 Å². The number of aryl methyl sites for hydroxylation is 1. The first-order chi connectivity index (χ1) is 14.3. The maximum atomic E-state index is 13.5. The zero-order valence-corrected chi connectivity index (χ0v) is 18.5. The molecule has 7 heteroatoms. The fraction of sp³-hybridized carbons (Fsp3) is 0.304. The number of benzene rings is 2. The van der Waals surface area contributed by atoms with E-state index in [4.69, 9.17) is 23.2 Å². The van der Waals surface area contributed by atoms with Crippen molar-refractivity contribution in [1.82, 2.24) is 14.7 Å². The van der Waals surface area contributed by atoms with Crippen LogP contribution in [0.3, 0.4) is 0 Å². The van der Waals surface area contributed by atoms with Crippen LogP contribution in [0.2, 0.25) is 10.0 Å². The molecular formula is C23H23Cl2N3O2. The largest absolute Gasteiger partial charge is 0.364 e. The first-order valence-electron chi connectivity index (χ1n) is 9.90. The van der Waals surface area contributed by atoms with Gasteiger partial charge in [-0.2, -0.15) is 0 Å². The van der Waals surface area contributed by atoms with Gasteiger partial charge in [0.2, 0.25) is 0 Å². The van der Waals surface area contributed by atoms with E-state index in [2.05, 4.69) is 4.90 Å². The van der Waals surface area contributed by atoms with Crippen molar-refractivity contribution < 1.29 is 9.59 Å². The summed E-state index contributed by atoms with van der Waals surface area (Å²) in [7, 11) is 2.05. The maximum absolute atomic E-state index is 13.5. The van der Waals surface area contributed by atoms with E-state index in [1.165, 1.54) is 4.90 Å². The molecule has 0 spiro atoms. The third-order valence-electron chi connectivity index (χ3n) is 5.62. The van der Waals surface area contributed by atoms with Crippen LogP contribution in [0.5, 0.6) is 0 Å². The van der Waals surface area contributed by atoms with Gasteiger partial charge in [-0.15, -0.1) is 0 Å². The number of halogens is 2. The summed E-state index contributed by atoms with van der Waals surface area (Å²) in [4.78, 5) is 32.4. The summed E-state index contributed by atoms with van der Waals surface area (Å²) in [5, 5.41) is 0.848. The fourth-order valence-corrected chi connectivity index (χ4v) is 4.34. The van der Waals surface area contributed by atoms with Crippen LogP contribution < -0.4 is 0 Å². The lowest BCUT2D eigenvalue weighted by Crippen LogP contribution is -2.46. The van der Waals surface area contributed by atoms with Gasteiger partial charge in [-0.05, 0) is 31.7 Å². The number of carbonyl (C=O) groups is 2. The lowest BCUT2D eigenvalue weighted by atomic mass is 10.0. The molecule has 2 aromatic rings. The van der Waals surface area contributed by atoms with Crippen molar-refractivity contribution in [2.24, 2.45) is 0 Å². The number of hydrogen-bond donors (Lipinski definition) is 0. The Kier molecular flexibility index (Phi) is 5.87. The highest BCUT2D eigenvalue weighted by molar-refractivity contribution is 6.41. The molecule has 0 aromatic heterocycles. The Labute approximate surface area is 186 Å². The van der Waals surface area contributed by atoms with E-state index < -0.39 is 0 Å². The Morgan fingerprint density at radius 2 is 1.57 bits per heavy atom. The molecule has 1 saturated heterocycles. The zero-order valence-electron chi connectivity index (χ0n) is 17.0. The van der Waals surface area contributed by atoms with Gasteiger partial charge in [-0.25, -0.2) is 0 Å². The molecule has 0 radical (unpaired) electrons. The molecule has 2 aromatic carbocycles. The van der Waals surface area contributed by atoms with Crippen molar-refractivity contribution in [2.75, 3.05) is 33.2 Å². The quantitative estimate of drug-likeness (QED) is 0.673. The topological polar surface area (TPSA) is 43.9 Å². The predicted molar refractivity (Wildman–Crippen MR) is 119 cm³/mol. The summed E-state index contributed by atoms with van der Waals surface area (Å²) in [6.07, 6.45) is 0. The van der Waals surface area contributed by atoms with Crippen molar-refractivity contribution in [3.05, 3.63) is 74.9 Å². The highest BCUT2D eigenvalue weighted by atomic mass is 35.5. The van der Waals surface area contributed by atoms with Gasteiger partial charge in [-0.3, -0.25) is 14.5 Å². The second-order valence-electron chi connectivity index (χ2n) is 7.82. The van der Waals surface area contributed by atoms with Gasteiger partial charge >= 0.3 is 0 Å². The molecule has 0 N–H and O–H groups in total. The number of piperazine rings is 1. The molecule has 2 aliphatic rings. The van der Waals surface area contributed by atoms with E-state index in [0.717, 1.165) is 24.2 Å². The molecule has 0 atom stereocenters. The minimum atomic E-state index is -0.321. The average molecular weight is 444 g/mol. The van der Waals surface area contributed by atoms with Crippen LogP contribution in [0.4, 0.5) is 0 Å². The van der Waals surface area contributed by atoms with Gasteiger partial charge in [0.25, 0.3) is 11.8 Å². The van der Waals surface area contributed by atoms with Crippen LogP contribution in [0.25, 0.3) is 5.57 Å². The molecule has 30 heavy (non-hydrogen) atoms. The Morgan fingerprint density at radius 3 is 2.20 bits per heavy atom. The van der Waals surface area contributed by atoms with Crippen molar-refractivity contribution in [3.8, 4) is 0 Å². The molecule has 0 bridgehead atoms. The van der Waals surface area contributed by atoms with Crippen molar-refractivity contribution >= 4 is 40.6 Å². The SMILES string of the molecule is Cc1ccc(CN2C(=O)C(c3ccc(Cl)cc3Cl)=C(N3CCN(C)CC3)C2=O)cc1. The second-order valence-corrected chi connectivity index (χ2v) is 8.66. The minimum Gasteiger partial charge on any atom is -0.364 e. The first-order valence-corrected chi connectivity index (χ1v) is 10.7. The van der Waals surface area contributed by atoms with Crippen LogP contribution in [-0.4, -0.2) is 59.7 Å². The van der Waals surface area contributed by atoms with E-state index in [1.54, 1.807) is 18.2 Å². The lowest BCUT2D eigenvalue weighted by molar-refractivity contribution is -0.138. The Balaban J connectivity index is 1.75. The molecular weight excluding hydrogens is 421 g/mol. The van der Waals surface area contributed by atoms with E-state index in [1.807, 2.05) is 43.1 Å². The number of hydrogen-bond acceptors (Lipinski definition) is 4. The molecule has 156 valence electrons. The summed E-state index contributed by atoms with van der Waals surface area (Å²) in [5.74, 6) is -0.593. The van der Waals surface area contributed by atoms with Gasteiger partial charge in [0.05, 0.1) is 17.1 Å². The number of amides is 2. The van der Waals surface area contributed by atoms with Crippen molar-refractivity contribution in [1.29, 1.82) is 0 Å². The Bertz CT molecular complexity index is 1030. The summed E-state index contributed by atoms with van der Waals surface area (Å²) in [6, 6.07) is 12.9. The van der Waals surface area contributed by atoms with E-state index in [-0.39, 0.29) is 18.4 Å². The third-order valence-corrected chi connectivity index (χ3v) is 6.17. The fourth-order valence-electron chi connectivity index (χ4n) is 3.84. The molecule has 0 aliphatic carbocycles. The highest BCUT2D eigenvalue weighted by Gasteiger charge is 2.42. The number of nitrogens with zero attached hydrogens (tertiary/aromatic N) is 3. The van der Waals surface area contributed by atoms with Gasteiger partial charge in [0.1, 0.15) is 5.70 Å². The highest BCUT2D eigenvalue weighted by Crippen LogP contribution is 2.37. The Morgan fingerprint density at radius 1 is 0.900 bits per heavy atom. The van der Waals surface area contributed by atoms with E-state index in [9.17, 15) is 9.59 Å². The third kappa shape index (κ3) is 3.97.